The van der Waals surface area contributed by atoms with Crippen LogP contribution in [0.1, 0.15) is 5.69 Å². The molecule has 96 valence electrons. The van der Waals surface area contributed by atoms with Crippen LogP contribution in [0.3, 0.4) is 0 Å². The molecule has 1 atom stereocenters. The van der Waals surface area contributed by atoms with Crippen LogP contribution >= 0.6 is 11.3 Å². The zero-order valence-corrected chi connectivity index (χ0v) is 10.1. The molecule has 0 aliphatic heterocycles. The van der Waals surface area contributed by atoms with Gasteiger partial charge in [0.05, 0.1) is 10.6 Å². The van der Waals surface area contributed by atoms with Crippen molar-refractivity contribution < 1.29 is 21.9 Å². The Hall–Kier alpha value is -1.32. The lowest BCUT2D eigenvalue weighted by Gasteiger charge is -2.08. The second-order valence-corrected chi connectivity index (χ2v) is 4.96. The maximum atomic E-state index is 12.6. The van der Waals surface area contributed by atoms with Gasteiger partial charge in [-0.15, -0.1) is 11.3 Å². The third-order valence-corrected chi connectivity index (χ3v) is 3.31. The molecule has 9 heteroatoms. The molecule has 0 radical (unpaired) electrons. The zero-order valence-electron chi connectivity index (χ0n) is 8.51. The van der Waals surface area contributed by atoms with E-state index < -0.39 is 28.1 Å². The summed E-state index contributed by atoms with van der Waals surface area (Å²) in [5, 5.41) is 0.911. The molecule has 2 rings (SSSR count). The second kappa shape index (κ2) is 4.75. The Labute approximate surface area is 106 Å². The zero-order chi connectivity index (χ0) is 13.3. The number of hydrogen-bond acceptors (Lipinski definition) is 4. The number of halogens is 3. The lowest BCUT2D eigenvalue weighted by atomic mass is 10.3. The third kappa shape index (κ3) is 2.74. The van der Waals surface area contributed by atoms with E-state index in [1.807, 2.05) is 0 Å². The Morgan fingerprint density at radius 1 is 1.33 bits per heavy atom. The van der Waals surface area contributed by atoms with E-state index in [9.17, 15) is 17.4 Å². The van der Waals surface area contributed by atoms with Gasteiger partial charge in [0.1, 0.15) is 5.69 Å². The van der Waals surface area contributed by atoms with Crippen LogP contribution in [0, 0.1) is 0 Å². The first kappa shape index (κ1) is 13.1. The smallest absolute Gasteiger partial charge is 0.300 e. The summed E-state index contributed by atoms with van der Waals surface area (Å²) in [6.45, 7) is 0. The molecule has 4 nitrogen and oxygen atoms in total. The molecule has 0 amide bonds. The molecule has 0 spiro atoms. The number of hydrogen-bond donors (Lipinski definition) is 1. The van der Waals surface area contributed by atoms with Crippen LogP contribution in [0.25, 0.3) is 10.6 Å². The van der Waals surface area contributed by atoms with Crippen LogP contribution in [0.5, 0.6) is 0 Å². The molecule has 2 aromatic rings. The molecule has 0 saturated heterocycles. The summed E-state index contributed by atoms with van der Waals surface area (Å²) in [6.07, 6.45) is -4.69. The average Bonchev–Trinajstić information content (AvgIpc) is 2.80. The fraction of sp³-hybridized carbons (Fsp3) is 0.111. The summed E-state index contributed by atoms with van der Waals surface area (Å²) >= 11 is -1.49. The summed E-state index contributed by atoms with van der Waals surface area (Å²) in [4.78, 5) is 7.14. The minimum absolute atomic E-state index is 0.0234. The highest BCUT2D eigenvalue weighted by molar-refractivity contribution is 7.79. The van der Waals surface area contributed by atoms with Gasteiger partial charge >= 0.3 is 6.18 Å². The highest BCUT2D eigenvalue weighted by Crippen LogP contribution is 2.31. The van der Waals surface area contributed by atoms with Gasteiger partial charge in [0, 0.05) is 0 Å². The first-order valence-electron chi connectivity index (χ1n) is 4.49. The minimum Gasteiger partial charge on any atom is -0.300 e. The highest BCUT2D eigenvalue weighted by atomic mass is 32.2. The lowest BCUT2D eigenvalue weighted by molar-refractivity contribution is -0.141. The van der Waals surface area contributed by atoms with Gasteiger partial charge < -0.3 is 0 Å². The van der Waals surface area contributed by atoms with Gasteiger partial charge in [0.15, 0.2) is 0 Å². The van der Waals surface area contributed by atoms with E-state index >= 15 is 0 Å². The van der Waals surface area contributed by atoms with Crippen molar-refractivity contribution >= 4 is 22.4 Å². The van der Waals surface area contributed by atoms with E-state index in [1.54, 1.807) is 17.5 Å². The molecule has 2 heterocycles. The monoisotopic (exact) mass is 294 g/mol. The molecule has 0 fully saturated rings. The highest BCUT2D eigenvalue weighted by Gasteiger charge is 2.34. The van der Waals surface area contributed by atoms with Crippen LogP contribution < -0.4 is 0 Å². The van der Waals surface area contributed by atoms with E-state index in [0.717, 1.165) is 6.07 Å². The predicted octanol–water partition coefficient (Wildman–Crippen LogP) is 2.80. The van der Waals surface area contributed by atoms with Crippen molar-refractivity contribution in [3.05, 3.63) is 29.3 Å². The normalized spacial score (nSPS) is 13.6. The summed E-state index contributed by atoms with van der Waals surface area (Å²) in [7, 11) is 0. The lowest BCUT2D eigenvalue weighted by Crippen LogP contribution is -2.12. The van der Waals surface area contributed by atoms with Crippen LogP contribution in [0.2, 0.25) is 0 Å². The van der Waals surface area contributed by atoms with Crippen molar-refractivity contribution in [2.75, 3.05) is 0 Å². The summed E-state index contributed by atoms with van der Waals surface area (Å²) in [5.41, 5.74) is -1.26. The molecule has 0 saturated carbocycles. The van der Waals surface area contributed by atoms with Crippen molar-refractivity contribution in [2.24, 2.45) is 0 Å². The van der Waals surface area contributed by atoms with Crippen molar-refractivity contribution in [2.45, 2.75) is 11.3 Å². The fourth-order valence-corrected chi connectivity index (χ4v) is 2.24. The molecular formula is C9H5F3N2O2S2. The van der Waals surface area contributed by atoms with Crippen molar-refractivity contribution in [3.63, 3.8) is 0 Å². The first-order chi connectivity index (χ1) is 8.38. The molecule has 2 aromatic heterocycles. The predicted molar refractivity (Wildman–Crippen MR) is 59.4 cm³/mol. The second-order valence-electron chi connectivity index (χ2n) is 3.15. The maximum Gasteiger partial charge on any atom is 0.433 e. The minimum atomic E-state index is -4.69. The van der Waals surface area contributed by atoms with Gasteiger partial charge in [-0.1, -0.05) is 6.07 Å². The van der Waals surface area contributed by atoms with Gasteiger partial charge in [-0.3, -0.25) is 4.55 Å². The number of rotatable bonds is 2. The maximum absolute atomic E-state index is 12.6. The van der Waals surface area contributed by atoms with E-state index in [2.05, 4.69) is 9.97 Å². The summed E-state index contributed by atoms with van der Waals surface area (Å²) in [6, 6.07) is 3.96. The molecule has 0 aromatic carbocycles. The average molecular weight is 294 g/mol. The molecular weight excluding hydrogens is 289 g/mol. The Morgan fingerprint density at radius 2 is 2.06 bits per heavy atom. The molecule has 0 bridgehead atoms. The molecule has 0 aliphatic rings. The van der Waals surface area contributed by atoms with Gasteiger partial charge in [0.2, 0.25) is 16.2 Å². The van der Waals surface area contributed by atoms with Gasteiger partial charge in [0.25, 0.3) is 0 Å². The van der Waals surface area contributed by atoms with Gasteiger partial charge in [-0.05, 0) is 17.5 Å². The standard InChI is InChI=1S/C9H5F3N2O2S2/c10-9(11,12)7-4-5(6-2-1-3-17-6)13-8(14-7)18(15)16/h1-4H,(H,15,16). The number of aromatic nitrogens is 2. The molecule has 18 heavy (non-hydrogen) atoms. The van der Waals surface area contributed by atoms with E-state index in [4.69, 9.17) is 4.55 Å². The molecule has 0 aliphatic carbocycles. The fourth-order valence-electron chi connectivity index (χ4n) is 1.20. The topological polar surface area (TPSA) is 63.1 Å². The van der Waals surface area contributed by atoms with Gasteiger partial charge in [-0.25, -0.2) is 14.2 Å². The number of alkyl halides is 3. The van der Waals surface area contributed by atoms with Crippen LogP contribution in [0.4, 0.5) is 13.2 Å². The third-order valence-electron chi connectivity index (χ3n) is 1.93. The summed E-state index contributed by atoms with van der Waals surface area (Å²) in [5.74, 6) is 0. The first-order valence-corrected chi connectivity index (χ1v) is 6.47. The van der Waals surface area contributed by atoms with E-state index in [-0.39, 0.29) is 5.69 Å². The van der Waals surface area contributed by atoms with Crippen LogP contribution in [-0.2, 0) is 17.3 Å². The Kier molecular flexibility index (Phi) is 3.46. The quantitative estimate of drug-likeness (QED) is 0.683. The van der Waals surface area contributed by atoms with Crippen molar-refractivity contribution in [1.82, 2.24) is 9.97 Å². The SMILES string of the molecule is O=S(O)c1nc(-c2cccs2)cc(C(F)(F)F)n1. The van der Waals surface area contributed by atoms with Crippen LogP contribution in [0.15, 0.2) is 28.7 Å². The largest absolute Gasteiger partial charge is 0.433 e. The number of nitrogens with zero attached hydrogens (tertiary/aromatic N) is 2. The van der Waals surface area contributed by atoms with Crippen molar-refractivity contribution in [3.8, 4) is 10.6 Å². The molecule has 1 N–H and O–H groups in total. The Balaban J connectivity index is 2.61. The Morgan fingerprint density at radius 3 is 2.56 bits per heavy atom. The Bertz CT molecular complexity index is 584. The number of thiophene rings is 1. The van der Waals surface area contributed by atoms with Crippen molar-refractivity contribution in [1.29, 1.82) is 0 Å². The van der Waals surface area contributed by atoms with E-state index in [0.29, 0.717) is 4.88 Å². The van der Waals surface area contributed by atoms with E-state index in [1.165, 1.54) is 11.3 Å². The van der Waals surface area contributed by atoms with Crippen LogP contribution in [-0.4, -0.2) is 18.7 Å². The van der Waals surface area contributed by atoms with Gasteiger partial charge in [-0.2, -0.15) is 13.2 Å². The molecule has 1 unspecified atom stereocenters. The summed E-state index contributed by atoms with van der Waals surface area (Å²) < 4.78 is 57.4.